The molecule has 0 saturated carbocycles. The number of nitrogens with one attached hydrogen (secondary N) is 1. The van der Waals surface area contributed by atoms with Crippen molar-refractivity contribution in [2.45, 2.75) is 24.9 Å². The van der Waals surface area contributed by atoms with E-state index >= 15 is 4.39 Å². The van der Waals surface area contributed by atoms with Crippen molar-refractivity contribution in [3.05, 3.63) is 66.3 Å². The number of carbonyl (C=O) groups is 1. The van der Waals surface area contributed by atoms with Gasteiger partial charge < -0.3 is 14.7 Å². The van der Waals surface area contributed by atoms with Crippen LogP contribution in [-0.4, -0.2) is 45.7 Å². The highest BCUT2D eigenvalue weighted by molar-refractivity contribution is 5.74. The molecule has 0 aliphatic carbocycles. The van der Waals surface area contributed by atoms with E-state index in [-0.39, 0.29) is 30.7 Å². The van der Waals surface area contributed by atoms with Crippen molar-refractivity contribution in [2.24, 2.45) is 0 Å². The monoisotopic (exact) mass is 395 g/mol. The van der Waals surface area contributed by atoms with E-state index in [0.717, 1.165) is 12.0 Å². The summed E-state index contributed by atoms with van der Waals surface area (Å²) in [5, 5.41) is 6.74. The Balaban J connectivity index is 1.38. The molecule has 150 valence electrons. The van der Waals surface area contributed by atoms with Crippen molar-refractivity contribution in [2.75, 3.05) is 19.6 Å². The van der Waals surface area contributed by atoms with Gasteiger partial charge in [0.1, 0.15) is 0 Å². The molecule has 2 aromatic heterocycles. The summed E-state index contributed by atoms with van der Waals surface area (Å²) < 4.78 is 20.8. The number of piperidine rings is 1. The molecule has 29 heavy (non-hydrogen) atoms. The lowest BCUT2D eigenvalue weighted by Gasteiger charge is -2.35. The van der Waals surface area contributed by atoms with Crippen LogP contribution in [0.15, 0.2) is 59.4 Å². The average molecular weight is 395 g/mol. The molecule has 2 amide bonds. The molecular weight excluding hydrogens is 373 g/mol. The van der Waals surface area contributed by atoms with Gasteiger partial charge in [0.2, 0.25) is 11.5 Å². The summed E-state index contributed by atoms with van der Waals surface area (Å²) >= 11 is 0. The number of amides is 2. The van der Waals surface area contributed by atoms with Gasteiger partial charge in [-0.1, -0.05) is 35.5 Å². The number of urea groups is 1. The standard InChI is InChI=1S/C21H22FN5O2/c22-21(19-25-18(26-29-19)17-8-4-11-23-14-17)10-5-13-27(15-21)20(28)24-12-9-16-6-2-1-3-7-16/h1-4,6-8,11,14H,5,9-10,12-13,15H2,(H,24,28). The Kier molecular flexibility index (Phi) is 5.50. The number of carbonyl (C=O) groups excluding carboxylic acids is 1. The Hall–Kier alpha value is -3.29. The zero-order valence-corrected chi connectivity index (χ0v) is 15.9. The first kappa shape index (κ1) is 19.0. The SMILES string of the molecule is O=C(NCCc1ccccc1)N1CCCC(F)(c2nc(-c3cccnc3)no2)C1. The van der Waals surface area contributed by atoms with E-state index in [2.05, 4.69) is 20.4 Å². The van der Waals surface area contributed by atoms with Gasteiger partial charge in [0.15, 0.2) is 0 Å². The minimum atomic E-state index is -1.86. The third kappa shape index (κ3) is 4.42. The van der Waals surface area contributed by atoms with E-state index in [9.17, 15) is 4.79 Å². The normalized spacial score (nSPS) is 19.1. The lowest BCUT2D eigenvalue weighted by atomic mass is 9.94. The second-order valence-corrected chi connectivity index (χ2v) is 7.12. The minimum Gasteiger partial charge on any atom is -0.338 e. The summed E-state index contributed by atoms with van der Waals surface area (Å²) in [5.74, 6) is 0.188. The number of benzene rings is 1. The average Bonchev–Trinajstić information content (AvgIpc) is 3.26. The summed E-state index contributed by atoms with van der Waals surface area (Å²) in [6.07, 6.45) is 4.70. The Bertz CT molecular complexity index is 950. The summed E-state index contributed by atoms with van der Waals surface area (Å²) in [6.45, 7) is 0.871. The van der Waals surface area contributed by atoms with Crippen LogP contribution in [0.4, 0.5) is 9.18 Å². The lowest BCUT2D eigenvalue weighted by molar-refractivity contribution is 0.0308. The fraction of sp³-hybridized carbons (Fsp3) is 0.333. The maximum atomic E-state index is 15.6. The molecular formula is C21H22FN5O2. The van der Waals surface area contributed by atoms with E-state index in [4.69, 9.17) is 4.52 Å². The fourth-order valence-corrected chi connectivity index (χ4v) is 3.45. The van der Waals surface area contributed by atoms with Crippen LogP contribution in [0.1, 0.15) is 24.3 Å². The predicted octanol–water partition coefficient (Wildman–Crippen LogP) is 3.34. The second-order valence-electron chi connectivity index (χ2n) is 7.12. The number of hydrogen-bond acceptors (Lipinski definition) is 5. The molecule has 1 N–H and O–H groups in total. The van der Waals surface area contributed by atoms with Crippen molar-refractivity contribution in [1.82, 2.24) is 25.3 Å². The molecule has 3 heterocycles. The first-order valence-corrected chi connectivity index (χ1v) is 9.64. The van der Waals surface area contributed by atoms with Gasteiger partial charge in [-0.05, 0) is 37.0 Å². The van der Waals surface area contributed by atoms with Crippen molar-refractivity contribution in [3.63, 3.8) is 0 Å². The van der Waals surface area contributed by atoms with Gasteiger partial charge in [-0.2, -0.15) is 4.98 Å². The molecule has 1 saturated heterocycles. The van der Waals surface area contributed by atoms with Crippen LogP contribution in [0.3, 0.4) is 0 Å². The van der Waals surface area contributed by atoms with E-state index in [0.29, 0.717) is 25.1 Å². The van der Waals surface area contributed by atoms with Crippen LogP contribution in [0.2, 0.25) is 0 Å². The van der Waals surface area contributed by atoms with Crippen LogP contribution in [0.5, 0.6) is 0 Å². The first-order valence-electron chi connectivity index (χ1n) is 9.64. The number of pyridine rings is 1. The van der Waals surface area contributed by atoms with Crippen molar-refractivity contribution >= 4 is 6.03 Å². The van der Waals surface area contributed by atoms with Crippen LogP contribution in [0, 0.1) is 0 Å². The Morgan fingerprint density at radius 2 is 2.10 bits per heavy atom. The van der Waals surface area contributed by atoms with Crippen molar-refractivity contribution < 1.29 is 13.7 Å². The molecule has 7 nitrogen and oxygen atoms in total. The van der Waals surface area contributed by atoms with Crippen LogP contribution in [0.25, 0.3) is 11.4 Å². The zero-order chi connectivity index (χ0) is 20.1. The molecule has 1 aliphatic heterocycles. The third-order valence-corrected chi connectivity index (χ3v) is 4.99. The van der Waals surface area contributed by atoms with Gasteiger partial charge in [-0.3, -0.25) is 4.98 Å². The number of nitrogens with zero attached hydrogens (tertiary/aromatic N) is 4. The Labute approximate surface area is 168 Å². The van der Waals surface area contributed by atoms with Gasteiger partial charge in [0.05, 0.1) is 6.54 Å². The van der Waals surface area contributed by atoms with E-state index in [1.807, 2.05) is 30.3 Å². The number of rotatable bonds is 5. The number of hydrogen-bond donors (Lipinski definition) is 1. The highest BCUT2D eigenvalue weighted by Gasteiger charge is 2.43. The first-order chi connectivity index (χ1) is 14.1. The number of halogens is 1. The molecule has 1 unspecified atom stereocenters. The zero-order valence-electron chi connectivity index (χ0n) is 15.9. The largest absolute Gasteiger partial charge is 0.338 e. The topological polar surface area (TPSA) is 84.2 Å². The number of aromatic nitrogens is 3. The lowest BCUT2D eigenvalue weighted by Crippen LogP contribution is -2.50. The van der Waals surface area contributed by atoms with E-state index in [1.165, 1.54) is 4.90 Å². The fourth-order valence-electron chi connectivity index (χ4n) is 3.45. The van der Waals surface area contributed by atoms with E-state index in [1.54, 1.807) is 24.5 Å². The third-order valence-electron chi connectivity index (χ3n) is 4.99. The number of alkyl halides is 1. The molecule has 1 aliphatic rings. The summed E-state index contributed by atoms with van der Waals surface area (Å²) in [7, 11) is 0. The van der Waals surface area contributed by atoms with Gasteiger partial charge in [-0.15, -0.1) is 0 Å². The summed E-state index contributed by atoms with van der Waals surface area (Å²) in [4.78, 5) is 22.2. The van der Waals surface area contributed by atoms with Crippen LogP contribution < -0.4 is 5.32 Å². The number of likely N-dealkylation sites (tertiary alicyclic amines) is 1. The van der Waals surface area contributed by atoms with E-state index < -0.39 is 5.67 Å². The smallest absolute Gasteiger partial charge is 0.317 e. The van der Waals surface area contributed by atoms with Crippen LogP contribution in [-0.2, 0) is 12.1 Å². The van der Waals surface area contributed by atoms with Crippen LogP contribution >= 0.6 is 0 Å². The highest BCUT2D eigenvalue weighted by Crippen LogP contribution is 2.35. The second kappa shape index (κ2) is 8.38. The van der Waals surface area contributed by atoms with Gasteiger partial charge in [-0.25, -0.2) is 9.18 Å². The molecule has 8 heteroatoms. The Morgan fingerprint density at radius 1 is 1.24 bits per heavy atom. The Morgan fingerprint density at radius 3 is 2.90 bits per heavy atom. The molecule has 1 fully saturated rings. The molecule has 0 radical (unpaired) electrons. The van der Waals surface area contributed by atoms with Gasteiger partial charge >= 0.3 is 6.03 Å². The van der Waals surface area contributed by atoms with Gasteiger partial charge in [0, 0.05) is 31.0 Å². The summed E-state index contributed by atoms with van der Waals surface area (Å²) in [6, 6.07) is 13.1. The molecule has 4 rings (SSSR count). The van der Waals surface area contributed by atoms with Gasteiger partial charge in [0.25, 0.3) is 5.89 Å². The predicted molar refractivity (Wildman–Crippen MR) is 105 cm³/mol. The highest BCUT2D eigenvalue weighted by atomic mass is 19.1. The molecule has 0 bridgehead atoms. The molecule has 0 spiro atoms. The maximum absolute atomic E-state index is 15.6. The molecule has 1 atom stereocenters. The molecule has 3 aromatic rings. The summed E-state index contributed by atoms with van der Waals surface area (Å²) in [5.41, 5.74) is -0.0693. The maximum Gasteiger partial charge on any atom is 0.317 e. The minimum absolute atomic E-state index is 0.0989. The quantitative estimate of drug-likeness (QED) is 0.716. The van der Waals surface area contributed by atoms with Crippen molar-refractivity contribution in [1.29, 1.82) is 0 Å². The van der Waals surface area contributed by atoms with Crippen molar-refractivity contribution in [3.8, 4) is 11.4 Å². The molecule has 1 aromatic carbocycles.